The topological polar surface area (TPSA) is 84.7 Å². The molecule has 1 aromatic heterocycles. The number of nitrogens with zero attached hydrogens (tertiary/aromatic N) is 3. The summed E-state index contributed by atoms with van der Waals surface area (Å²) in [4.78, 5) is 20.2. The van der Waals surface area contributed by atoms with E-state index in [1.165, 1.54) is 11.8 Å². The van der Waals surface area contributed by atoms with Crippen LogP contribution in [0.5, 0.6) is 6.01 Å². The monoisotopic (exact) mass is 527 g/mol. The van der Waals surface area contributed by atoms with Gasteiger partial charge in [-0.25, -0.2) is 9.36 Å². The molecular formula is C23H41N3O5SSi2. The van der Waals surface area contributed by atoms with Gasteiger partial charge in [-0.2, -0.15) is 4.98 Å². The Bertz CT molecular complexity index is 971. The van der Waals surface area contributed by atoms with Crippen molar-refractivity contribution in [1.29, 1.82) is 0 Å². The van der Waals surface area contributed by atoms with E-state index in [1.54, 1.807) is 10.6 Å². The summed E-state index contributed by atoms with van der Waals surface area (Å²) in [6.07, 6.45) is 0.214. The molecule has 11 heteroatoms. The average Bonchev–Trinajstić information content (AvgIpc) is 3.18. The first-order valence-electron chi connectivity index (χ1n) is 11.9. The maximum Gasteiger partial charge on any atom is 0.374 e. The second-order valence-electron chi connectivity index (χ2n) is 12.1. The van der Waals surface area contributed by atoms with E-state index in [1.807, 2.05) is 0 Å². The fraction of sp³-hybridized carbons (Fsp3) is 0.783. The van der Waals surface area contributed by atoms with Gasteiger partial charge in [0.05, 0.1) is 6.61 Å². The quantitative estimate of drug-likeness (QED) is 0.266. The molecule has 34 heavy (non-hydrogen) atoms. The van der Waals surface area contributed by atoms with E-state index in [0.717, 1.165) is 0 Å². The van der Waals surface area contributed by atoms with Gasteiger partial charge in [0.25, 0.3) is 0 Å². The Morgan fingerprint density at radius 2 is 1.71 bits per heavy atom. The molecule has 0 aromatic carbocycles. The van der Waals surface area contributed by atoms with E-state index < -0.39 is 34.7 Å². The minimum Gasteiger partial charge on any atom is -0.453 e. The Morgan fingerprint density at radius 1 is 1.09 bits per heavy atom. The van der Waals surface area contributed by atoms with Crippen molar-refractivity contribution in [2.45, 2.75) is 108 Å². The minimum absolute atomic E-state index is 0.0154. The molecule has 4 atom stereocenters. The Kier molecular flexibility index (Phi) is 7.69. The van der Waals surface area contributed by atoms with Crippen LogP contribution in [0, 0.1) is 0 Å². The highest BCUT2D eigenvalue weighted by molar-refractivity contribution is 7.99. The lowest BCUT2D eigenvalue weighted by molar-refractivity contribution is -0.0417. The number of hydrogen-bond donors (Lipinski definition) is 0. The van der Waals surface area contributed by atoms with Gasteiger partial charge >= 0.3 is 11.7 Å². The number of aromatic nitrogens is 3. The molecule has 0 spiro atoms. The van der Waals surface area contributed by atoms with Gasteiger partial charge in [-0.1, -0.05) is 59.4 Å². The van der Waals surface area contributed by atoms with Crippen molar-refractivity contribution in [3.8, 4) is 6.01 Å². The highest BCUT2D eigenvalue weighted by Crippen LogP contribution is 2.47. The molecule has 3 rings (SSSR count). The second kappa shape index (κ2) is 9.47. The zero-order valence-corrected chi connectivity index (χ0v) is 25.1. The van der Waals surface area contributed by atoms with E-state index in [4.69, 9.17) is 18.3 Å². The van der Waals surface area contributed by atoms with Crippen molar-refractivity contribution < 1.29 is 18.3 Å². The first-order valence-corrected chi connectivity index (χ1v) is 18.7. The van der Waals surface area contributed by atoms with Crippen molar-refractivity contribution in [2.24, 2.45) is 0 Å². The standard InChI is InChI=1S/C23H41N3O5SSi2/c1-12-13-32-21-25-19(27)24-20-26(21)18-17(30-20)16(31-34(10,11)23(5,6)7)15(29-18)14-28-33(8,9)22(2,3)4/h12,15-18H,1,13-14H2,2-11H3/t15-,16-,17+,18-/m1/s1. The summed E-state index contributed by atoms with van der Waals surface area (Å²) in [5.74, 6) is 0.606. The number of fused-ring (bicyclic) bond motifs is 3. The van der Waals surface area contributed by atoms with Crippen molar-refractivity contribution in [3.05, 3.63) is 23.1 Å². The van der Waals surface area contributed by atoms with Gasteiger partial charge in [-0.3, -0.25) is 0 Å². The molecule has 1 fully saturated rings. The second-order valence-corrected chi connectivity index (χ2v) is 22.7. The third-order valence-electron chi connectivity index (χ3n) is 7.56. The van der Waals surface area contributed by atoms with Gasteiger partial charge in [0.1, 0.15) is 12.2 Å². The van der Waals surface area contributed by atoms with Crippen LogP contribution >= 0.6 is 11.8 Å². The molecule has 2 aliphatic rings. The molecule has 0 bridgehead atoms. The van der Waals surface area contributed by atoms with Crippen molar-refractivity contribution in [1.82, 2.24) is 14.5 Å². The first kappa shape index (κ1) is 27.6. The maximum atomic E-state index is 12.1. The predicted molar refractivity (Wildman–Crippen MR) is 141 cm³/mol. The molecule has 0 amide bonds. The molecule has 192 valence electrons. The number of hydrogen-bond acceptors (Lipinski definition) is 8. The molecule has 8 nitrogen and oxygen atoms in total. The third kappa shape index (κ3) is 5.39. The average molecular weight is 528 g/mol. The fourth-order valence-corrected chi connectivity index (χ4v) is 6.44. The first-order chi connectivity index (χ1) is 15.5. The van der Waals surface area contributed by atoms with Crippen LogP contribution in [-0.4, -0.2) is 61.8 Å². The summed E-state index contributed by atoms with van der Waals surface area (Å²) >= 11 is 1.41. The number of rotatable bonds is 8. The van der Waals surface area contributed by atoms with Crippen LogP contribution in [0.25, 0.3) is 0 Å². The lowest BCUT2D eigenvalue weighted by Gasteiger charge is -2.41. The molecular weight excluding hydrogens is 487 g/mol. The fourth-order valence-electron chi connectivity index (χ4n) is 3.38. The highest BCUT2D eigenvalue weighted by atomic mass is 32.2. The Balaban J connectivity index is 1.95. The van der Waals surface area contributed by atoms with Crippen LogP contribution in [-0.2, 0) is 13.6 Å². The molecule has 0 saturated carbocycles. The molecule has 3 heterocycles. The molecule has 1 saturated heterocycles. The van der Waals surface area contributed by atoms with Crippen molar-refractivity contribution >= 4 is 28.4 Å². The summed E-state index contributed by atoms with van der Waals surface area (Å²) in [5.41, 5.74) is -0.572. The van der Waals surface area contributed by atoms with Crippen LogP contribution in [0.2, 0.25) is 36.3 Å². The Labute approximate surface area is 210 Å². The summed E-state index contributed by atoms with van der Waals surface area (Å²) in [6, 6.07) is 0.231. The lowest BCUT2D eigenvalue weighted by Crippen LogP contribution is -2.51. The third-order valence-corrected chi connectivity index (χ3v) is 17.5. The Hall–Kier alpha value is -0.986. The van der Waals surface area contributed by atoms with Gasteiger partial charge in [0, 0.05) is 5.75 Å². The zero-order chi connectivity index (χ0) is 25.7. The smallest absolute Gasteiger partial charge is 0.374 e. The summed E-state index contributed by atoms with van der Waals surface area (Å²) < 4.78 is 28.0. The van der Waals surface area contributed by atoms with Crippen LogP contribution in [0.3, 0.4) is 0 Å². The van der Waals surface area contributed by atoms with Crippen LogP contribution < -0.4 is 10.4 Å². The summed E-state index contributed by atoms with van der Waals surface area (Å²) in [7, 11) is -4.16. The Morgan fingerprint density at radius 3 is 2.26 bits per heavy atom. The van der Waals surface area contributed by atoms with E-state index in [9.17, 15) is 4.79 Å². The van der Waals surface area contributed by atoms with Crippen LogP contribution in [0.15, 0.2) is 22.6 Å². The van der Waals surface area contributed by atoms with Crippen LogP contribution in [0.4, 0.5) is 0 Å². The minimum atomic E-state index is -2.16. The SMILES string of the molecule is C=CCSc1nc(=O)nc2n1[C@@H]1O[C@H](CO[Si](C)(C)C(C)(C)C)[C@@H](O[Si](C)(C)C(C)(C)C)[C@@H]1O2. The van der Waals surface area contributed by atoms with Crippen molar-refractivity contribution in [3.63, 3.8) is 0 Å². The molecule has 0 radical (unpaired) electrons. The van der Waals surface area contributed by atoms with Gasteiger partial charge in [-0.15, -0.1) is 11.6 Å². The van der Waals surface area contributed by atoms with E-state index in [2.05, 4.69) is 84.3 Å². The van der Waals surface area contributed by atoms with E-state index in [0.29, 0.717) is 17.5 Å². The van der Waals surface area contributed by atoms with Gasteiger partial charge < -0.3 is 18.3 Å². The van der Waals surface area contributed by atoms with Gasteiger partial charge in [0.2, 0.25) is 0 Å². The molecule has 0 N–H and O–H groups in total. The molecule has 2 aliphatic heterocycles. The molecule has 1 aromatic rings. The molecule has 0 aliphatic carbocycles. The number of thioether (sulfide) groups is 1. The number of ether oxygens (including phenoxy) is 2. The van der Waals surface area contributed by atoms with E-state index >= 15 is 0 Å². The largest absolute Gasteiger partial charge is 0.453 e. The summed E-state index contributed by atoms with van der Waals surface area (Å²) in [5, 5.41) is 0.614. The maximum absolute atomic E-state index is 12.1. The molecule has 0 unspecified atom stereocenters. The highest BCUT2D eigenvalue weighted by Gasteiger charge is 2.56. The van der Waals surface area contributed by atoms with Gasteiger partial charge in [-0.05, 0) is 36.3 Å². The van der Waals surface area contributed by atoms with Crippen LogP contribution in [0.1, 0.15) is 47.8 Å². The normalized spacial score (nSPS) is 25.1. The van der Waals surface area contributed by atoms with E-state index in [-0.39, 0.29) is 28.3 Å². The lowest BCUT2D eigenvalue weighted by atomic mass is 10.1. The summed E-state index contributed by atoms with van der Waals surface area (Å²) in [6.45, 7) is 26.4. The zero-order valence-electron chi connectivity index (χ0n) is 22.3. The van der Waals surface area contributed by atoms with Crippen molar-refractivity contribution in [2.75, 3.05) is 12.4 Å². The predicted octanol–water partition coefficient (Wildman–Crippen LogP) is 4.99. The van der Waals surface area contributed by atoms with Gasteiger partial charge in [0.15, 0.2) is 34.1 Å².